The van der Waals surface area contributed by atoms with Gasteiger partial charge in [0.25, 0.3) is 0 Å². The lowest BCUT2D eigenvalue weighted by molar-refractivity contribution is 0.439. The highest BCUT2D eigenvalue weighted by Crippen LogP contribution is 2.28. The van der Waals surface area contributed by atoms with Gasteiger partial charge in [-0.1, -0.05) is 13.0 Å². The number of hydrogen-bond donors (Lipinski definition) is 2. The summed E-state index contributed by atoms with van der Waals surface area (Å²) in [6, 6.07) is 1.82. The van der Waals surface area contributed by atoms with E-state index in [1.165, 1.54) is 0 Å². The summed E-state index contributed by atoms with van der Waals surface area (Å²) in [5, 5.41) is 0. The molecule has 0 bridgehead atoms. The van der Waals surface area contributed by atoms with E-state index in [2.05, 4.69) is 4.72 Å². The molecule has 0 heterocycles. The van der Waals surface area contributed by atoms with Crippen LogP contribution in [0.3, 0.4) is 0 Å². The highest BCUT2D eigenvalue weighted by molar-refractivity contribution is 7.89. The molecule has 0 radical (unpaired) electrons. The Morgan fingerprint density at radius 1 is 1.21 bits per heavy atom. The van der Waals surface area contributed by atoms with Gasteiger partial charge in [-0.2, -0.15) is 0 Å². The number of rotatable bonds is 4. The van der Waals surface area contributed by atoms with Crippen molar-refractivity contribution in [3.05, 3.63) is 22.8 Å². The van der Waals surface area contributed by atoms with Crippen molar-refractivity contribution in [3.8, 4) is 0 Å². The number of sulfonamides is 1. The van der Waals surface area contributed by atoms with Crippen LogP contribution in [0.1, 0.15) is 43.9 Å². The van der Waals surface area contributed by atoms with E-state index in [4.69, 9.17) is 5.73 Å². The average Bonchev–Trinajstić information content (AvgIpc) is 2.24. The summed E-state index contributed by atoms with van der Waals surface area (Å²) in [7, 11) is -3.56. The predicted octanol–water partition coefficient (Wildman–Crippen LogP) is 2.66. The number of nitrogen functional groups attached to an aromatic ring is 1. The van der Waals surface area contributed by atoms with Gasteiger partial charge in [0.05, 0.1) is 4.90 Å². The molecular formula is C14H24N2O2S. The molecule has 0 aromatic heterocycles. The lowest BCUT2D eigenvalue weighted by Gasteiger charge is -2.26. The summed E-state index contributed by atoms with van der Waals surface area (Å²) >= 11 is 0. The quantitative estimate of drug-likeness (QED) is 0.835. The lowest BCUT2D eigenvalue weighted by Crippen LogP contribution is -2.43. The minimum absolute atomic E-state index is 0.303. The molecule has 3 N–H and O–H groups in total. The SMILES string of the molecule is CCC(C)(C)NS(=O)(=O)c1c(C)cc(C)c(N)c1C. The third kappa shape index (κ3) is 3.28. The Bertz CT molecular complexity index is 590. The van der Waals surface area contributed by atoms with E-state index >= 15 is 0 Å². The van der Waals surface area contributed by atoms with Crippen LogP contribution in [0, 0.1) is 20.8 Å². The number of nitrogens with two attached hydrogens (primary N) is 1. The van der Waals surface area contributed by atoms with Gasteiger partial charge in [0, 0.05) is 11.2 Å². The van der Waals surface area contributed by atoms with Crippen molar-refractivity contribution in [2.75, 3.05) is 5.73 Å². The molecule has 0 aliphatic heterocycles. The van der Waals surface area contributed by atoms with E-state index in [0.29, 0.717) is 22.6 Å². The monoisotopic (exact) mass is 284 g/mol. The number of benzene rings is 1. The first-order chi connectivity index (χ1) is 8.52. The topological polar surface area (TPSA) is 72.2 Å². The van der Waals surface area contributed by atoms with Crippen molar-refractivity contribution in [1.29, 1.82) is 0 Å². The molecule has 0 spiro atoms. The minimum atomic E-state index is -3.56. The van der Waals surface area contributed by atoms with Crippen molar-refractivity contribution in [1.82, 2.24) is 4.72 Å². The molecule has 0 atom stereocenters. The van der Waals surface area contributed by atoms with Gasteiger partial charge in [-0.15, -0.1) is 0 Å². The van der Waals surface area contributed by atoms with E-state index in [-0.39, 0.29) is 0 Å². The fraction of sp³-hybridized carbons (Fsp3) is 0.571. The van der Waals surface area contributed by atoms with Gasteiger partial charge in [-0.3, -0.25) is 0 Å². The van der Waals surface area contributed by atoms with Crippen molar-refractivity contribution >= 4 is 15.7 Å². The molecule has 5 heteroatoms. The number of nitrogens with one attached hydrogen (secondary N) is 1. The minimum Gasteiger partial charge on any atom is -0.398 e. The van der Waals surface area contributed by atoms with E-state index < -0.39 is 15.6 Å². The van der Waals surface area contributed by atoms with Crippen molar-refractivity contribution in [2.24, 2.45) is 0 Å². The van der Waals surface area contributed by atoms with Crippen LogP contribution in [0.5, 0.6) is 0 Å². The van der Waals surface area contributed by atoms with Gasteiger partial charge in [-0.05, 0) is 57.7 Å². The second kappa shape index (κ2) is 5.13. The van der Waals surface area contributed by atoms with Gasteiger partial charge in [0.15, 0.2) is 0 Å². The zero-order chi connectivity index (χ0) is 15.0. The summed E-state index contributed by atoms with van der Waals surface area (Å²) in [4.78, 5) is 0.303. The molecule has 0 aliphatic rings. The molecule has 1 rings (SSSR count). The Labute approximate surface area is 116 Å². The largest absolute Gasteiger partial charge is 0.398 e. The van der Waals surface area contributed by atoms with Crippen LogP contribution in [0.2, 0.25) is 0 Å². The molecule has 0 fully saturated rings. The number of aryl methyl sites for hydroxylation is 2. The molecule has 0 saturated carbocycles. The van der Waals surface area contributed by atoms with Crippen LogP contribution in [0.4, 0.5) is 5.69 Å². The maximum absolute atomic E-state index is 12.5. The van der Waals surface area contributed by atoms with Gasteiger partial charge < -0.3 is 5.73 Å². The van der Waals surface area contributed by atoms with E-state index in [1.807, 2.05) is 33.8 Å². The average molecular weight is 284 g/mol. The first-order valence-electron chi connectivity index (χ1n) is 6.42. The molecule has 19 heavy (non-hydrogen) atoms. The Kier molecular flexibility index (Phi) is 4.32. The second-order valence-electron chi connectivity index (χ2n) is 5.72. The molecule has 0 aliphatic carbocycles. The standard InChI is InChI=1S/C14H24N2O2S/c1-7-14(5,6)16-19(17,18)13-10(3)8-9(2)12(15)11(13)4/h8,16H,7,15H2,1-6H3. The summed E-state index contributed by atoms with van der Waals surface area (Å²) in [5.74, 6) is 0. The van der Waals surface area contributed by atoms with Gasteiger partial charge in [-0.25, -0.2) is 13.1 Å². The van der Waals surface area contributed by atoms with Gasteiger partial charge in [0.1, 0.15) is 0 Å². The molecule has 1 aromatic rings. The van der Waals surface area contributed by atoms with Crippen LogP contribution < -0.4 is 10.5 Å². The molecule has 0 saturated heterocycles. The van der Waals surface area contributed by atoms with Crippen LogP contribution in [0.15, 0.2) is 11.0 Å². The maximum Gasteiger partial charge on any atom is 0.241 e. The third-order valence-electron chi connectivity index (χ3n) is 3.52. The maximum atomic E-state index is 12.5. The molecular weight excluding hydrogens is 260 g/mol. The zero-order valence-corrected chi connectivity index (χ0v) is 13.4. The molecule has 108 valence electrons. The summed E-state index contributed by atoms with van der Waals surface area (Å²) in [5.41, 5.74) is 8.27. The summed E-state index contributed by atoms with van der Waals surface area (Å²) in [6.45, 7) is 11.1. The van der Waals surface area contributed by atoms with Gasteiger partial charge >= 0.3 is 0 Å². The molecule has 0 unspecified atom stereocenters. The molecule has 0 amide bonds. The van der Waals surface area contributed by atoms with Crippen LogP contribution in [0.25, 0.3) is 0 Å². The summed E-state index contributed by atoms with van der Waals surface area (Å²) in [6.07, 6.45) is 0.714. The molecule has 4 nitrogen and oxygen atoms in total. The second-order valence-corrected chi connectivity index (χ2v) is 7.34. The highest BCUT2D eigenvalue weighted by atomic mass is 32.2. The van der Waals surface area contributed by atoms with E-state index in [0.717, 1.165) is 11.1 Å². The Morgan fingerprint density at radius 3 is 2.21 bits per heavy atom. The van der Waals surface area contributed by atoms with Crippen molar-refractivity contribution in [3.63, 3.8) is 0 Å². The van der Waals surface area contributed by atoms with Crippen molar-refractivity contribution < 1.29 is 8.42 Å². The van der Waals surface area contributed by atoms with Crippen LogP contribution >= 0.6 is 0 Å². The normalized spacial score (nSPS) is 12.7. The van der Waals surface area contributed by atoms with Gasteiger partial charge in [0.2, 0.25) is 10.0 Å². The smallest absolute Gasteiger partial charge is 0.241 e. The molecule has 1 aromatic carbocycles. The Hall–Kier alpha value is -1.07. The van der Waals surface area contributed by atoms with Crippen LogP contribution in [-0.2, 0) is 10.0 Å². The Morgan fingerprint density at radius 2 is 1.74 bits per heavy atom. The number of hydrogen-bond acceptors (Lipinski definition) is 3. The Balaban J connectivity index is 3.43. The fourth-order valence-electron chi connectivity index (χ4n) is 2.08. The first-order valence-corrected chi connectivity index (χ1v) is 7.90. The third-order valence-corrected chi connectivity index (χ3v) is 5.51. The number of anilines is 1. The fourth-order valence-corrected chi connectivity index (χ4v) is 4.05. The highest BCUT2D eigenvalue weighted by Gasteiger charge is 2.28. The van der Waals surface area contributed by atoms with Crippen molar-refractivity contribution in [2.45, 2.75) is 58.4 Å². The van der Waals surface area contributed by atoms with E-state index in [9.17, 15) is 8.42 Å². The summed E-state index contributed by atoms with van der Waals surface area (Å²) < 4.78 is 27.8. The first kappa shape index (κ1) is 16.0. The predicted molar refractivity (Wildman–Crippen MR) is 79.8 cm³/mol. The van der Waals surface area contributed by atoms with E-state index in [1.54, 1.807) is 13.8 Å². The zero-order valence-electron chi connectivity index (χ0n) is 12.6. The van der Waals surface area contributed by atoms with Crippen LogP contribution in [-0.4, -0.2) is 14.0 Å². The lowest BCUT2D eigenvalue weighted by atomic mass is 10.0.